The smallest absolute Gasteiger partial charge is 0.161 e. The lowest BCUT2D eigenvalue weighted by Crippen LogP contribution is -2.37. The number of rotatable bonds is 10. The molecule has 1 N–H and O–H groups in total. The zero-order chi connectivity index (χ0) is 19.1. The Balaban J connectivity index is 1.58. The van der Waals surface area contributed by atoms with Gasteiger partial charge in [-0.25, -0.2) is 9.67 Å². The van der Waals surface area contributed by atoms with Gasteiger partial charge in [-0.05, 0) is 37.5 Å². The molecule has 6 nitrogen and oxygen atoms in total. The van der Waals surface area contributed by atoms with E-state index in [2.05, 4.69) is 46.1 Å². The Kier molecular flexibility index (Phi) is 7.10. The Morgan fingerprint density at radius 1 is 1.19 bits per heavy atom. The van der Waals surface area contributed by atoms with E-state index >= 15 is 0 Å². The summed E-state index contributed by atoms with van der Waals surface area (Å²) in [6, 6.07) is 6.66. The Hall–Kier alpha value is -2.08. The summed E-state index contributed by atoms with van der Waals surface area (Å²) in [6.07, 6.45) is 5.16. The number of benzene rings is 1. The van der Waals surface area contributed by atoms with Crippen LogP contribution in [0.2, 0.25) is 0 Å². The predicted molar refractivity (Wildman–Crippen MR) is 106 cm³/mol. The van der Waals surface area contributed by atoms with Gasteiger partial charge < -0.3 is 14.8 Å². The summed E-state index contributed by atoms with van der Waals surface area (Å²) < 4.78 is 13.7. The van der Waals surface area contributed by atoms with E-state index < -0.39 is 0 Å². The summed E-state index contributed by atoms with van der Waals surface area (Å²) in [5.41, 5.74) is 1.21. The molecule has 0 aliphatic carbocycles. The van der Waals surface area contributed by atoms with E-state index in [1.807, 2.05) is 13.0 Å². The van der Waals surface area contributed by atoms with Crippen molar-refractivity contribution in [3.8, 4) is 11.5 Å². The Morgan fingerprint density at radius 3 is 2.85 bits per heavy atom. The lowest BCUT2D eigenvalue weighted by atomic mass is 10.1. The molecular weight excluding hydrogens is 340 g/mol. The largest absolute Gasteiger partial charge is 0.490 e. The van der Waals surface area contributed by atoms with Crippen LogP contribution in [0.1, 0.15) is 57.2 Å². The molecule has 0 amide bonds. The lowest BCUT2D eigenvalue weighted by Gasteiger charge is -2.24. The van der Waals surface area contributed by atoms with Crippen LogP contribution in [-0.2, 0) is 25.9 Å². The minimum absolute atomic E-state index is 0.417. The highest BCUT2D eigenvalue weighted by Gasteiger charge is 2.21. The van der Waals surface area contributed by atoms with Gasteiger partial charge in [-0.2, -0.15) is 5.10 Å². The maximum atomic E-state index is 5.87. The van der Waals surface area contributed by atoms with Crippen molar-refractivity contribution < 1.29 is 9.47 Å². The van der Waals surface area contributed by atoms with Gasteiger partial charge in [0.25, 0.3) is 0 Å². The molecule has 0 saturated heterocycles. The number of unbranched alkanes of at least 4 members (excludes halogenated alkanes) is 1. The molecule has 3 rings (SSSR count). The molecule has 1 aliphatic heterocycles. The predicted octanol–water partition coefficient (Wildman–Crippen LogP) is 3.52. The first-order chi connectivity index (χ1) is 13.2. The average molecular weight is 373 g/mol. The third-order valence-corrected chi connectivity index (χ3v) is 4.88. The SMILES string of the molecule is CCCCOc1ccc(CNC2CCc3nc(CC)nn3C2)cc1OCC. The molecular formula is C21H32N4O2. The molecule has 0 bridgehead atoms. The first-order valence-electron chi connectivity index (χ1n) is 10.3. The number of aromatic nitrogens is 3. The molecule has 0 fully saturated rings. The van der Waals surface area contributed by atoms with E-state index in [1.165, 1.54) is 5.56 Å². The van der Waals surface area contributed by atoms with E-state index in [9.17, 15) is 0 Å². The zero-order valence-corrected chi connectivity index (χ0v) is 16.8. The molecule has 27 heavy (non-hydrogen) atoms. The van der Waals surface area contributed by atoms with Crippen molar-refractivity contribution in [1.29, 1.82) is 0 Å². The van der Waals surface area contributed by atoms with Crippen LogP contribution in [-0.4, -0.2) is 34.0 Å². The number of nitrogens with one attached hydrogen (secondary N) is 1. The zero-order valence-electron chi connectivity index (χ0n) is 16.8. The first-order valence-corrected chi connectivity index (χ1v) is 10.3. The topological polar surface area (TPSA) is 61.2 Å². The van der Waals surface area contributed by atoms with Crippen LogP contribution in [0.15, 0.2) is 18.2 Å². The van der Waals surface area contributed by atoms with E-state index in [-0.39, 0.29) is 0 Å². The minimum atomic E-state index is 0.417. The summed E-state index contributed by atoms with van der Waals surface area (Å²) in [5.74, 6) is 3.75. The minimum Gasteiger partial charge on any atom is -0.490 e. The second-order valence-electron chi connectivity index (χ2n) is 7.01. The summed E-state index contributed by atoms with van der Waals surface area (Å²) >= 11 is 0. The Morgan fingerprint density at radius 2 is 2.07 bits per heavy atom. The van der Waals surface area contributed by atoms with Crippen LogP contribution in [0, 0.1) is 0 Å². The highest BCUT2D eigenvalue weighted by atomic mass is 16.5. The molecule has 1 aromatic carbocycles. The third-order valence-electron chi connectivity index (χ3n) is 4.88. The third kappa shape index (κ3) is 5.22. The van der Waals surface area contributed by atoms with Crippen molar-refractivity contribution in [1.82, 2.24) is 20.1 Å². The number of nitrogens with zero attached hydrogens (tertiary/aromatic N) is 3. The van der Waals surface area contributed by atoms with Crippen LogP contribution in [0.4, 0.5) is 0 Å². The van der Waals surface area contributed by atoms with Crippen LogP contribution < -0.4 is 14.8 Å². The molecule has 1 atom stereocenters. The van der Waals surface area contributed by atoms with E-state index in [0.717, 1.165) is 74.9 Å². The fraction of sp³-hybridized carbons (Fsp3) is 0.619. The summed E-state index contributed by atoms with van der Waals surface area (Å²) in [5, 5.41) is 8.25. The number of aryl methyl sites for hydroxylation is 2. The quantitative estimate of drug-likeness (QED) is 0.647. The summed E-state index contributed by atoms with van der Waals surface area (Å²) in [4.78, 5) is 4.59. The number of ether oxygens (including phenoxy) is 2. The van der Waals surface area contributed by atoms with Crippen LogP contribution in [0.25, 0.3) is 0 Å². The van der Waals surface area contributed by atoms with Crippen molar-refractivity contribution in [2.45, 2.75) is 72.0 Å². The molecule has 6 heteroatoms. The molecule has 0 spiro atoms. The highest BCUT2D eigenvalue weighted by molar-refractivity contribution is 5.43. The van der Waals surface area contributed by atoms with Gasteiger partial charge in [0.05, 0.1) is 19.8 Å². The molecule has 2 heterocycles. The van der Waals surface area contributed by atoms with Gasteiger partial charge in [0.1, 0.15) is 5.82 Å². The van der Waals surface area contributed by atoms with Crippen LogP contribution in [0.5, 0.6) is 11.5 Å². The molecule has 148 valence electrons. The number of hydrogen-bond acceptors (Lipinski definition) is 5. The van der Waals surface area contributed by atoms with Gasteiger partial charge in [0, 0.05) is 25.4 Å². The summed E-state index contributed by atoms with van der Waals surface area (Å²) in [6.45, 7) is 9.34. The first kappa shape index (κ1) is 19.7. The maximum Gasteiger partial charge on any atom is 0.161 e. The molecule has 2 aromatic rings. The van der Waals surface area contributed by atoms with Gasteiger partial charge in [0.2, 0.25) is 0 Å². The van der Waals surface area contributed by atoms with Gasteiger partial charge >= 0.3 is 0 Å². The average Bonchev–Trinajstić information content (AvgIpc) is 3.10. The lowest BCUT2D eigenvalue weighted by molar-refractivity contribution is 0.272. The van der Waals surface area contributed by atoms with Crippen molar-refractivity contribution >= 4 is 0 Å². The van der Waals surface area contributed by atoms with Crippen LogP contribution >= 0.6 is 0 Å². The molecule has 1 aromatic heterocycles. The standard InChI is InChI=1S/C21H32N4O2/c1-4-7-12-27-18-10-8-16(13-19(18)26-6-3)14-22-17-9-11-21-23-20(5-2)24-25(21)15-17/h8,10,13,17,22H,4-7,9,11-12,14-15H2,1-3H3. The van der Waals surface area contributed by atoms with Crippen LogP contribution in [0.3, 0.4) is 0 Å². The van der Waals surface area contributed by atoms with E-state index in [4.69, 9.17) is 9.47 Å². The molecule has 1 unspecified atom stereocenters. The fourth-order valence-corrected chi connectivity index (χ4v) is 3.32. The van der Waals surface area contributed by atoms with E-state index in [0.29, 0.717) is 12.6 Å². The van der Waals surface area contributed by atoms with Gasteiger partial charge in [0.15, 0.2) is 17.3 Å². The molecule has 0 radical (unpaired) electrons. The van der Waals surface area contributed by atoms with Gasteiger partial charge in [-0.1, -0.05) is 26.3 Å². The second-order valence-corrected chi connectivity index (χ2v) is 7.01. The molecule has 0 saturated carbocycles. The van der Waals surface area contributed by atoms with Gasteiger partial charge in [-0.3, -0.25) is 0 Å². The van der Waals surface area contributed by atoms with Crippen molar-refractivity contribution in [2.75, 3.05) is 13.2 Å². The van der Waals surface area contributed by atoms with Crippen molar-refractivity contribution in [2.24, 2.45) is 0 Å². The number of hydrogen-bond donors (Lipinski definition) is 1. The Labute approximate surface area is 162 Å². The maximum absolute atomic E-state index is 5.87. The number of fused-ring (bicyclic) bond motifs is 1. The normalized spacial score (nSPS) is 16.2. The fourth-order valence-electron chi connectivity index (χ4n) is 3.32. The van der Waals surface area contributed by atoms with Crippen molar-refractivity contribution in [3.63, 3.8) is 0 Å². The Bertz CT molecular complexity index is 729. The van der Waals surface area contributed by atoms with Crippen molar-refractivity contribution in [3.05, 3.63) is 35.4 Å². The van der Waals surface area contributed by atoms with E-state index in [1.54, 1.807) is 0 Å². The van der Waals surface area contributed by atoms with Gasteiger partial charge in [-0.15, -0.1) is 0 Å². The molecule has 1 aliphatic rings. The highest BCUT2D eigenvalue weighted by Crippen LogP contribution is 2.29. The monoisotopic (exact) mass is 372 g/mol. The summed E-state index contributed by atoms with van der Waals surface area (Å²) in [7, 11) is 0. The second kappa shape index (κ2) is 9.74.